The van der Waals surface area contributed by atoms with Crippen LogP contribution in [0.2, 0.25) is 0 Å². The van der Waals surface area contributed by atoms with E-state index >= 15 is 0 Å². The summed E-state index contributed by atoms with van der Waals surface area (Å²) in [7, 11) is 0. The molecule has 2 atom stereocenters. The Morgan fingerprint density at radius 1 is 1.50 bits per heavy atom. The van der Waals surface area contributed by atoms with E-state index in [1.165, 1.54) is 0 Å². The van der Waals surface area contributed by atoms with E-state index in [9.17, 15) is 0 Å². The Hall–Kier alpha value is -1.12. The monoisotopic (exact) mass is 136 g/mol. The van der Waals surface area contributed by atoms with Crippen LogP contribution in [0.15, 0.2) is 17.3 Å². The molecule has 0 aromatic carbocycles. The van der Waals surface area contributed by atoms with Gasteiger partial charge < -0.3 is 10.6 Å². The van der Waals surface area contributed by atoms with Gasteiger partial charge in [0.2, 0.25) is 0 Å². The van der Waals surface area contributed by atoms with Gasteiger partial charge in [-0.2, -0.15) is 0 Å². The number of fused-ring (bicyclic) bond motifs is 2. The molecule has 0 saturated heterocycles. The molecule has 2 N–H and O–H groups in total. The van der Waals surface area contributed by atoms with E-state index in [0.29, 0.717) is 11.4 Å². The van der Waals surface area contributed by atoms with Crippen LogP contribution >= 0.6 is 0 Å². The smallest absolute Gasteiger partial charge is 0.108 e. The first-order valence-corrected chi connectivity index (χ1v) is 3.32. The molecular formula is C7H8N2O. The Bertz CT molecular complexity index is 242. The Morgan fingerprint density at radius 2 is 2.20 bits per heavy atom. The zero-order valence-corrected chi connectivity index (χ0v) is 5.41. The first kappa shape index (κ1) is 5.65. The van der Waals surface area contributed by atoms with Crippen molar-refractivity contribution in [1.29, 1.82) is 5.41 Å². The van der Waals surface area contributed by atoms with Gasteiger partial charge in [-0.1, -0.05) is 17.3 Å². The van der Waals surface area contributed by atoms with Gasteiger partial charge in [0.1, 0.15) is 5.71 Å². The van der Waals surface area contributed by atoms with Gasteiger partial charge in [-0.15, -0.1) is 0 Å². The summed E-state index contributed by atoms with van der Waals surface area (Å²) >= 11 is 0. The maximum atomic E-state index is 8.47. The molecule has 1 fully saturated rings. The van der Waals surface area contributed by atoms with E-state index in [1.807, 2.05) is 12.2 Å². The Morgan fingerprint density at radius 3 is 2.60 bits per heavy atom. The highest BCUT2D eigenvalue weighted by Crippen LogP contribution is 2.34. The lowest BCUT2D eigenvalue weighted by molar-refractivity contribution is 0.318. The van der Waals surface area contributed by atoms with Crippen LogP contribution in [0.25, 0.3) is 0 Å². The van der Waals surface area contributed by atoms with Crippen molar-refractivity contribution < 1.29 is 5.21 Å². The number of allylic oxidation sites excluding steroid dienone is 2. The highest BCUT2D eigenvalue weighted by Gasteiger charge is 2.37. The van der Waals surface area contributed by atoms with Gasteiger partial charge >= 0.3 is 0 Å². The fourth-order valence-corrected chi connectivity index (χ4v) is 1.63. The third kappa shape index (κ3) is 0.497. The second-order valence-electron chi connectivity index (χ2n) is 2.73. The second-order valence-corrected chi connectivity index (χ2v) is 2.73. The molecule has 2 unspecified atom stereocenters. The van der Waals surface area contributed by atoms with E-state index in [0.717, 1.165) is 6.42 Å². The van der Waals surface area contributed by atoms with Gasteiger partial charge in [-0.25, -0.2) is 0 Å². The summed E-state index contributed by atoms with van der Waals surface area (Å²) < 4.78 is 0. The molecule has 0 spiro atoms. The summed E-state index contributed by atoms with van der Waals surface area (Å²) in [4.78, 5) is 0. The highest BCUT2D eigenvalue weighted by atomic mass is 16.4. The largest absolute Gasteiger partial charge is 0.411 e. The zero-order valence-electron chi connectivity index (χ0n) is 5.41. The fourth-order valence-electron chi connectivity index (χ4n) is 1.63. The molecule has 10 heavy (non-hydrogen) atoms. The average Bonchev–Trinajstić information content (AvgIpc) is 2.46. The van der Waals surface area contributed by atoms with Crippen molar-refractivity contribution >= 4 is 11.4 Å². The molecule has 0 aromatic heterocycles. The van der Waals surface area contributed by atoms with Crippen LogP contribution in [0.4, 0.5) is 0 Å². The minimum atomic E-state index is 0.225. The van der Waals surface area contributed by atoms with Crippen LogP contribution < -0.4 is 0 Å². The van der Waals surface area contributed by atoms with E-state index in [2.05, 4.69) is 5.16 Å². The molecule has 2 bridgehead atoms. The Balaban J connectivity index is 2.43. The summed E-state index contributed by atoms with van der Waals surface area (Å²) in [5, 5.41) is 19.0. The maximum absolute atomic E-state index is 8.47. The predicted octanol–water partition coefficient (Wildman–Crippen LogP) is 1.04. The van der Waals surface area contributed by atoms with Crippen molar-refractivity contribution in [2.45, 2.75) is 6.42 Å². The lowest BCUT2D eigenvalue weighted by Gasteiger charge is -2.04. The molecule has 2 aliphatic carbocycles. The van der Waals surface area contributed by atoms with E-state index in [1.54, 1.807) is 0 Å². The van der Waals surface area contributed by atoms with Gasteiger partial charge in [-0.3, -0.25) is 0 Å². The second kappa shape index (κ2) is 1.68. The SMILES string of the molecule is N=C1/C(=N/O)C2C=CC1C2. The van der Waals surface area contributed by atoms with Crippen LogP contribution in [0.5, 0.6) is 0 Å². The topological polar surface area (TPSA) is 56.4 Å². The quantitative estimate of drug-likeness (QED) is 0.292. The van der Waals surface area contributed by atoms with E-state index < -0.39 is 0 Å². The summed E-state index contributed by atoms with van der Waals surface area (Å²) in [5.74, 6) is 0.457. The normalized spacial score (nSPS) is 40.0. The minimum Gasteiger partial charge on any atom is -0.411 e. The summed E-state index contributed by atoms with van der Waals surface area (Å²) in [6.45, 7) is 0. The highest BCUT2D eigenvalue weighted by molar-refractivity contribution is 6.45. The molecule has 0 amide bonds. The van der Waals surface area contributed by atoms with Crippen molar-refractivity contribution in [3.05, 3.63) is 12.2 Å². The van der Waals surface area contributed by atoms with Gasteiger partial charge in [0.05, 0.1) is 5.71 Å². The summed E-state index contributed by atoms with van der Waals surface area (Å²) in [6.07, 6.45) is 4.97. The van der Waals surface area contributed by atoms with E-state index in [4.69, 9.17) is 10.6 Å². The van der Waals surface area contributed by atoms with Crippen molar-refractivity contribution in [2.24, 2.45) is 17.0 Å². The molecule has 0 heterocycles. The number of oxime groups is 1. The van der Waals surface area contributed by atoms with Gasteiger partial charge in [0, 0.05) is 11.8 Å². The molecule has 3 heteroatoms. The molecule has 0 aliphatic heterocycles. The van der Waals surface area contributed by atoms with Crippen LogP contribution in [0.3, 0.4) is 0 Å². The lowest BCUT2D eigenvalue weighted by atomic mass is 10.0. The third-order valence-corrected chi connectivity index (χ3v) is 2.19. The molecule has 52 valence electrons. The predicted molar refractivity (Wildman–Crippen MR) is 37.7 cm³/mol. The fraction of sp³-hybridized carbons (Fsp3) is 0.429. The average molecular weight is 136 g/mol. The lowest BCUT2D eigenvalue weighted by Crippen LogP contribution is -2.17. The first-order chi connectivity index (χ1) is 4.83. The Labute approximate surface area is 58.6 Å². The van der Waals surface area contributed by atoms with Gasteiger partial charge in [0.15, 0.2) is 0 Å². The Kier molecular flexibility index (Phi) is 0.952. The molecule has 0 radical (unpaired) electrons. The summed E-state index contributed by atoms with van der Waals surface area (Å²) in [6, 6.07) is 0. The number of hydrogen-bond acceptors (Lipinski definition) is 3. The zero-order chi connectivity index (χ0) is 7.14. The van der Waals surface area contributed by atoms with Crippen LogP contribution in [0, 0.1) is 17.2 Å². The van der Waals surface area contributed by atoms with Crippen LogP contribution in [0.1, 0.15) is 6.42 Å². The van der Waals surface area contributed by atoms with Crippen molar-refractivity contribution in [2.75, 3.05) is 0 Å². The number of rotatable bonds is 0. The molecule has 0 aromatic rings. The first-order valence-electron chi connectivity index (χ1n) is 3.32. The minimum absolute atomic E-state index is 0.225. The van der Waals surface area contributed by atoms with Gasteiger partial charge in [0.25, 0.3) is 0 Å². The summed E-state index contributed by atoms with van der Waals surface area (Å²) in [5.41, 5.74) is 1.06. The van der Waals surface area contributed by atoms with E-state index in [-0.39, 0.29) is 11.8 Å². The standard InChI is InChI=1S/C7H8N2O/c8-6-4-1-2-5(3-4)7(6)9-10/h1-2,4-5,8,10H,3H2/b8-6?,9-7+. The van der Waals surface area contributed by atoms with Crippen LogP contribution in [-0.4, -0.2) is 16.6 Å². The van der Waals surface area contributed by atoms with Crippen molar-refractivity contribution in [3.63, 3.8) is 0 Å². The molecular weight excluding hydrogens is 128 g/mol. The van der Waals surface area contributed by atoms with Crippen LogP contribution in [-0.2, 0) is 0 Å². The molecule has 1 saturated carbocycles. The molecule has 2 aliphatic rings. The molecule has 3 nitrogen and oxygen atoms in total. The third-order valence-electron chi connectivity index (χ3n) is 2.19. The number of nitrogens with one attached hydrogen (secondary N) is 1. The molecule has 2 rings (SSSR count). The van der Waals surface area contributed by atoms with Crippen molar-refractivity contribution in [1.82, 2.24) is 0 Å². The van der Waals surface area contributed by atoms with Gasteiger partial charge in [-0.05, 0) is 6.42 Å². The van der Waals surface area contributed by atoms with Crippen molar-refractivity contribution in [3.8, 4) is 0 Å². The number of hydrogen-bond donors (Lipinski definition) is 2. The maximum Gasteiger partial charge on any atom is 0.108 e. The number of nitrogens with zero attached hydrogens (tertiary/aromatic N) is 1.